The summed E-state index contributed by atoms with van der Waals surface area (Å²) in [6.07, 6.45) is 0. The Labute approximate surface area is 216 Å². The lowest BCUT2D eigenvalue weighted by molar-refractivity contribution is -0.113. The zero-order valence-corrected chi connectivity index (χ0v) is 21.8. The van der Waals surface area contributed by atoms with Crippen LogP contribution in [0.3, 0.4) is 0 Å². The van der Waals surface area contributed by atoms with Gasteiger partial charge >= 0.3 is 0 Å². The third-order valence-electron chi connectivity index (χ3n) is 4.40. The minimum Gasteiger partial charge on any atom is -0.484 e. The van der Waals surface area contributed by atoms with Gasteiger partial charge in [-0.1, -0.05) is 63.0 Å². The number of amides is 1. The van der Waals surface area contributed by atoms with Crippen molar-refractivity contribution in [1.29, 1.82) is 0 Å². The maximum Gasteiger partial charge on any atom is 0.236 e. The predicted molar refractivity (Wildman–Crippen MR) is 136 cm³/mol. The third kappa shape index (κ3) is 6.27. The molecule has 4 rings (SSSR count). The zero-order chi connectivity index (χ0) is 23.4. The molecule has 0 aliphatic carbocycles. The Morgan fingerprint density at radius 2 is 2.00 bits per heavy atom. The maximum absolute atomic E-state index is 12.4. The Balaban J connectivity index is 1.30. The summed E-state index contributed by atoms with van der Waals surface area (Å²) in [5.74, 6) is 1.10. The number of thiazole rings is 1. The molecular formula is C21H16BrCl2N5O2S2. The average molecular weight is 585 g/mol. The number of hydrogen-bond donors (Lipinski definition) is 1. The summed E-state index contributed by atoms with van der Waals surface area (Å²) in [5.41, 5.74) is 1.80. The highest BCUT2D eigenvalue weighted by molar-refractivity contribution is 9.10. The van der Waals surface area contributed by atoms with E-state index in [0.717, 1.165) is 15.7 Å². The van der Waals surface area contributed by atoms with Crippen molar-refractivity contribution in [2.45, 2.75) is 11.8 Å². The van der Waals surface area contributed by atoms with E-state index in [1.54, 1.807) is 22.8 Å². The van der Waals surface area contributed by atoms with Crippen LogP contribution in [-0.2, 0) is 18.4 Å². The first kappa shape index (κ1) is 24.0. The number of anilines is 1. The van der Waals surface area contributed by atoms with Crippen LogP contribution in [0.25, 0.3) is 11.3 Å². The van der Waals surface area contributed by atoms with Gasteiger partial charge in [0.1, 0.15) is 12.4 Å². The Morgan fingerprint density at radius 3 is 2.76 bits per heavy atom. The smallest absolute Gasteiger partial charge is 0.236 e. The molecule has 4 aromatic rings. The molecule has 12 heteroatoms. The van der Waals surface area contributed by atoms with Crippen molar-refractivity contribution in [3.63, 3.8) is 0 Å². The van der Waals surface area contributed by atoms with Gasteiger partial charge in [0.2, 0.25) is 5.91 Å². The standard InChI is InChI=1S/C21H16BrCl2N5O2S2/c1-29-18(9-31-17-7-6-14(23)8-15(17)24)27-28-21(29)33-11-19(30)26-20-25-16(10-32-20)12-2-4-13(22)5-3-12/h2-8,10H,9,11H2,1H3,(H,25,26,30). The Hall–Kier alpha value is -2.11. The van der Waals surface area contributed by atoms with E-state index in [2.05, 4.69) is 36.4 Å². The predicted octanol–water partition coefficient (Wildman–Crippen LogP) is 6.32. The second-order valence-electron chi connectivity index (χ2n) is 6.70. The molecule has 0 aliphatic heterocycles. The summed E-state index contributed by atoms with van der Waals surface area (Å²) in [7, 11) is 1.81. The van der Waals surface area contributed by atoms with E-state index in [9.17, 15) is 4.79 Å². The van der Waals surface area contributed by atoms with Crippen molar-refractivity contribution in [1.82, 2.24) is 19.7 Å². The van der Waals surface area contributed by atoms with Crippen LogP contribution < -0.4 is 10.1 Å². The number of carbonyl (C=O) groups excluding carboxylic acids is 1. The van der Waals surface area contributed by atoms with Crippen molar-refractivity contribution < 1.29 is 9.53 Å². The molecule has 0 saturated carbocycles. The van der Waals surface area contributed by atoms with Gasteiger partial charge in [-0.05, 0) is 30.3 Å². The van der Waals surface area contributed by atoms with E-state index >= 15 is 0 Å². The molecule has 0 saturated heterocycles. The number of rotatable bonds is 8. The number of nitrogens with one attached hydrogen (secondary N) is 1. The lowest BCUT2D eigenvalue weighted by atomic mass is 10.2. The molecule has 33 heavy (non-hydrogen) atoms. The summed E-state index contributed by atoms with van der Waals surface area (Å²) in [4.78, 5) is 16.9. The molecule has 2 aromatic carbocycles. The van der Waals surface area contributed by atoms with Gasteiger partial charge in [-0.2, -0.15) is 0 Å². The van der Waals surface area contributed by atoms with Crippen molar-refractivity contribution in [2.75, 3.05) is 11.1 Å². The summed E-state index contributed by atoms with van der Waals surface area (Å²) in [6.45, 7) is 0.176. The Bertz CT molecular complexity index is 1280. The minimum atomic E-state index is -0.176. The molecule has 7 nitrogen and oxygen atoms in total. The second-order valence-corrected chi connectivity index (χ2v) is 10.3. The van der Waals surface area contributed by atoms with Crippen molar-refractivity contribution in [3.8, 4) is 17.0 Å². The fourth-order valence-electron chi connectivity index (χ4n) is 2.70. The Kier molecular flexibility index (Phi) is 7.92. The number of hydrogen-bond acceptors (Lipinski definition) is 7. The SMILES string of the molecule is Cn1c(COc2ccc(Cl)cc2Cl)nnc1SCC(=O)Nc1nc(-c2ccc(Br)cc2)cs1. The molecule has 170 valence electrons. The number of ether oxygens (including phenoxy) is 1. The number of nitrogens with zero attached hydrogens (tertiary/aromatic N) is 4. The van der Waals surface area contributed by atoms with E-state index in [1.165, 1.54) is 23.1 Å². The lowest BCUT2D eigenvalue weighted by Gasteiger charge is -2.08. The lowest BCUT2D eigenvalue weighted by Crippen LogP contribution is -2.14. The van der Waals surface area contributed by atoms with Crippen LogP contribution in [0.2, 0.25) is 10.0 Å². The highest BCUT2D eigenvalue weighted by Gasteiger charge is 2.14. The number of aromatic nitrogens is 4. The number of carbonyl (C=O) groups is 1. The molecule has 2 aromatic heterocycles. The molecule has 0 fully saturated rings. The summed E-state index contributed by atoms with van der Waals surface area (Å²) >= 11 is 18.1. The van der Waals surface area contributed by atoms with Crippen LogP contribution in [0.15, 0.2) is 57.5 Å². The third-order valence-corrected chi connectivity index (χ3v) is 7.24. The van der Waals surface area contributed by atoms with Crippen LogP contribution in [0.1, 0.15) is 5.82 Å². The summed E-state index contributed by atoms with van der Waals surface area (Å²) < 4.78 is 8.48. The molecular weight excluding hydrogens is 569 g/mol. The van der Waals surface area contributed by atoms with Gasteiger partial charge in [0.15, 0.2) is 16.1 Å². The van der Waals surface area contributed by atoms with Crippen molar-refractivity contribution in [3.05, 3.63) is 68.2 Å². The topological polar surface area (TPSA) is 81.9 Å². The first-order valence-corrected chi connectivity index (χ1v) is 12.9. The monoisotopic (exact) mass is 583 g/mol. The van der Waals surface area contributed by atoms with Gasteiger partial charge in [-0.25, -0.2) is 4.98 Å². The van der Waals surface area contributed by atoms with Crippen LogP contribution >= 0.6 is 62.2 Å². The van der Waals surface area contributed by atoms with Gasteiger partial charge in [0, 0.05) is 27.5 Å². The van der Waals surface area contributed by atoms with Gasteiger partial charge in [0.05, 0.1) is 16.5 Å². The van der Waals surface area contributed by atoms with E-state index in [4.69, 9.17) is 27.9 Å². The maximum atomic E-state index is 12.4. The summed E-state index contributed by atoms with van der Waals surface area (Å²) in [6, 6.07) is 12.8. The van der Waals surface area contributed by atoms with Crippen molar-refractivity contribution >= 4 is 73.3 Å². The fourth-order valence-corrected chi connectivity index (χ4v) is 4.89. The molecule has 1 N–H and O–H groups in total. The van der Waals surface area contributed by atoms with Crippen LogP contribution in [0, 0.1) is 0 Å². The van der Waals surface area contributed by atoms with E-state index < -0.39 is 0 Å². The normalized spacial score (nSPS) is 10.9. The number of thioether (sulfide) groups is 1. The number of halogens is 3. The zero-order valence-electron chi connectivity index (χ0n) is 17.1. The fraction of sp³-hybridized carbons (Fsp3) is 0.143. The van der Waals surface area contributed by atoms with Gasteiger partial charge in [-0.15, -0.1) is 21.5 Å². The van der Waals surface area contributed by atoms with Gasteiger partial charge in [-0.3, -0.25) is 4.79 Å². The molecule has 0 unspecified atom stereocenters. The molecule has 0 atom stereocenters. The average Bonchev–Trinajstić information content (AvgIpc) is 3.39. The molecule has 1 amide bonds. The van der Waals surface area contributed by atoms with E-state index in [1.807, 2.05) is 36.7 Å². The summed E-state index contributed by atoms with van der Waals surface area (Å²) in [5, 5.41) is 15.1. The second kappa shape index (κ2) is 10.9. The highest BCUT2D eigenvalue weighted by atomic mass is 79.9. The quantitative estimate of drug-likeness (QED) is 0.244. The highest BCUT2D eigenvalue weighted by Crippen LogP contribution is 2.29. The minimum absolute atomic E-state index is 0.170. The van der Waals surface area contributed by atoms with Crippen LogP contribution in [0.5, 0.6) is 5.75 Å². The molecule has 0 radical (unpaired) electrons. The molecule has 0 aliphatic rings. The first-order chi connectivity index (χ1) is 15.9. The van der Waals surface area contributed by atoms with Gasteiger partial charge < -0.3 is 14.6 Å². The molecule has 0 spiro atoms. The van der Waals surface area contributed by atoms with Crippen LogP contribution in [0.4, 0.5) is 5.13 Å². The molecule has 2 heterocycles. The first-order valence-electron chi connectivity index (χ1n) is 9.49. The Morgan fingerprint density at radius 1 is 1.21 bits per heavy atom. The van der Waals surface area contributed by atoms with Crippen LogP contribution in [-0.4, -0.2) is 31.4 Å². The van der Waals surface area contributed by atoms with E-state index in [-0.39, 0.29) is 18.3 Å². The molecule has 0 bridgehead atoms. The number of benzene rings is 2. The van der Waals surface area contributed by atoms with E-state index in [0.29, 0.717) is 31.9 Å². The van der Waals surface area contributed by atoms with Gasteiger partial charge in [0.25, 0.3) is 0 Å². The van der Waals surface area contributed by atoms with Crippen molar-refractivity contribution in [2.24, 2.45) is 7.05 Å². The largest absolute Gasteiger partial charge is 0.484 e.